The lowest BCUT2D eigenvalue weighted by molar-refractivity contribution is 0.101. The minimum atomic E-state index is -0.301. The Morgan fingerprint density at radius 1 is 1.20 bits per heavy atom. The minimum absolute atomic E-state index is 0.255. The molecule has 1 amide bonds. The van der Waals surface area contributed by atoms with Gasteiger partial charge in [-0.25, -0.2) is 0 Å². The van der Waals surface area contributed by atoms with Crippen LogP contribution < -0.4 is 10.1 Å². The number of nitrogens with zero attached hydrogens (tertiary/aromatic N) is 1. The number of aromatic nitrogens is 1. The van der Waals surface area contributed by atoms with Gasteiger partial charge in [-0.2, -0.15) is 0 Å². The van der Waals surface area contributed by atoms with Crippen LogP contribution in [0.3, 0.4) is 0 Å². The van der Waals surface area contributed by atoms with Gasteiger partial charge in [-0.1, -0.05) is 17.3 Å². The smallest absolute Gasteiger partial charge is 0.277 e. The Labute approximate surface area is 149 Å². The number of amides is 1. The Hall–Kier alpha value is -2.60. The fraction of sp³-hybridized carbons (Fsp3) is 0.263. The first-order valence-corrected chi connectivity index (χ1v) is 9.24. The molecule has 3 aromatic rings. The van der Waals surface area contributed by atoms with Crippen molar-refractivity contribution in [2.24, 2.45) is 0 Å². The van der Waals surface area contributed by atoms with Crippen LogP contribution in [0.25, 0.3) is 10.6 Å². The third kappa shape index (κ3) is 3.74. The van der Waals surface area contributed by atoms with Crippen LogP contribution in [-0.2, 0) is 0 Å². The van der Waals surface area contributed by atoms with Crippen molar-refractivity contribution < 1.29 is 14.1 Å². The van der Waals surface area contributed by atoms with Crippen molar-refractivity contribution >= 4 is 22.9 Å². The molecule has 0 aliphatic heterocycles. The topological polar surface area (TPSA) is 64.4 Å². The van der Waals surface area contributed by atoms with Crippen LogP contribution >= 0.6 is 11.3 Å². The average molecular weight is 354 g/mol. The van der Waals surface area contributed by atoms with Crippen LogP contribution in [0.2, 0.25) is 0 Å². The third-order valence-electron chi connectivity index (χ3n) is 4.20. The fourth-order valence-electron chi connectivity index (χ4n) is 2.96. The van der Waals surface area contributed by atoms with E-state index in [4.69, 9.17) is 9.26 Å². The average Bonchev–Trinajstić information content (AvgIpc) is 3.37. The van der Waals surface area contributed by atoms with Gasteiger partial charge in [0.05, 0.1) is 11.0 Å². The zero-order valence-electron chi connectivity index (χ0n) is 13.6. The van der Waals surface area contributed by atoms with Crippen molar-refractivity contribution in [3.05, 3.63) is 53.5 Å². The van der Waals surface area contributed by atoms with Gasteiger partial charge in [0.15, 0.2) is 11.5 Å². The zero-order chi connectivity index (χ0) is 17.1. The summed E-state index contributed by atoms with van der Waals surface area (Å²) in [5.41, 5.74) is 0.937. The second-order valence-corrected chi connectivity index (χ2v) is 7.01. The van der Waals surface area contributed by atoms with Gasteiger partial charge >= 0.3 is 0 Å². The number of hydrogen-bond acceptors (Lipinski definition) is 5. The summed E-state index contributed by atoms with van der Waals surface area (Å²) >= 11 is 1.54. The molecule has 1 N–H and O–H groups in total. The monoisotopic (exact) mass is 354 g/mol. The van der Waals surface area contributed by atoms with E-state index in [1.807, 2.05) is 41.8 Å². The molecule has 0 atom stereocenters. The Kier molecular flexibility index (Phi) is 4.52. The molecule has 5 nitrogen and oxygen atoms in total. The molecule has 2 heterocycles. The molecule has 128 valence electrons. The molecule has 1 aliphatic carbocycles. The van der Waals surface area contributed by atoms with E-state index in [2.05, 4.69) is 10.5 Å². The first kappa shape index (κ1) is 15.9. The van der Waals surface area contributed by atoms with Crippen molar-refractivity contribution in [3.63, 3.8) is 0 Å². The summed E-state index contributed by atoms with van der Waals surface area (Å²) in [4.78, 5) is 13.3. The molecule has 0 unspecified atom stereocenters. The summed E-state index contributed by atoms with van der Waals surface area (Å²) < 4.78 is 11.2. The molecule has 0 spiro atoms. The molecule has 0 bridgehead atoms. The fourth-order valence-corrected chi connectivity index (χ4v) is 3.63. The molecule has 1 saturated carbocycles. The van der Waals surface area contributed by atoms with Crippen LogP contribution in [-0.4, -0.2) is 17.2 Å². The van der Waals surface area contributed by atoms with Crippen molar-refractivity contribution in [2.75, 3.05) is 5.32 Å². The molecule has 0 radical (unpaired) electrons. The van der Waals surface area contributed by atoms with Crippen LogP contribution in [0.5, 0.6) is 5.75 Å². The van der Waals surface area contributed by atoms with Gasteiger partial charge in [0.25, 0.3) is 5.91 Å². The lowest BCUT2D eigenvalue weighted by Crippen LogP contribution is -2.13. The predicted octanol–water partition coefficient (Wildman–Crippen LogP) is 4.98. The summed E-state index contributed by atoms with van der Waals surface area (Å²) in [5, 5.41) is 8.66. The molecule has 2 aromatic heterocycles. The van der Waals surface area contributed by atoms with Crippen LogP contribution in [0.4, 0.5) is 5.69 Å². The van der Waals surface area contributed by atoms with E-state index in [-0.39, 0.29) is 17.7 Å². The van der Waals surface area contributed by atoms with E-state index in [1.165, 1.54) is 24.2 Å². The SMILES string of the molecule is O=C(Nc1cccc(OC2CCCC2)c1)c1cc(-c2cccs2)on1. The van der Waals surface area contributed by atoms with Crippen molar-refractivity contribution in [3.8, 4) is 16.4 Å². The molecular weight excluding hydrogens is 336 g/mol. The highest BCUT2D eigenvalue weighted by Gasteiger charge is 2.17. The second-order valence-electron chi connectivity index (χ2n) is 6.06. The predicted molar refractivity (Wildman–Crippen MR) is 97.1 cm³/mol. The van der Waals surface area contributed by atoms with Gasteiger partial charge in [-0.05, 0) is 49.3 Å². The Bertz CT molecular complexity index is 851. The maximum absolute atomic E-state index is 12.4. The van der Waals surface area contributed by atoms with E-state index in [0.29, 0.717) is 11.4 Å². The second kappa shape index (κ2) is 7.11. The van der Waals surface area contributed by atoms with Crippen LogP contribution in [0, 0.1) is 0 Å². The number of rotatable bonds is 5. The number of thiophene rings is 1. The highest BCUT2D eigenvalue weighted by atomic mass is 32.1. The molecule has 0 saturated heterocycles. The summed E-state index contributed by atoms with van der Waals surface area (Å²) in [7, 11) is 0. The van der Waals surface area contributed by atoms with Gasteiger partial charge in [0, 0.05) is 17.8 Å². The van der Waals surface area contributed by atoms with E-state index < -0.39 is 0 Å². The third-order valence-corrected chi connectivity index (χ3v) is 5.09. The minimum Gasteiger partial charge on any atom is -0.490 e. The highest BCUT2D eigenvalue weighted by molar-refractivity contribution is 7.13. The maximum atomic E-state index is 12.4. The molecule has 1 aliphatic rings. The standard InChI is InChI=1S/C19H18N2O3S/c22-19(16-12-17(24-21-16)18-9-4-10-25-18)20-13-5-3-8-15(11-13)23-14-6-1-2-7-14/h3-5,8-12,14H,1-2,6-7H2,(H,20,22). The van der Waals surface area contributed by atoms with Gasteiger partial charge in [-0.3, -0.25) is 4.79 Å². The zero-order valence-corrected chi connectivity index (χ0v) is 14.4. The van der Waals surface area contributed by atoms with E-state index in [1.54, 1.807) is 6.07 Å². The van der Waals surface area contributed by atoms with Gasteiger partial charge < -0.3 is 14.6 Å². The van der Waals surface area contributed by atoms with Gasteiger partial charge in [0.1, 0.15) is 5.75 Å². The molecule has 1 aromatic carbocycles. The number of anilines is 1. The van der Waals surface area contributed by atoms with Gasteiger partial charge in [0.2, 0.25) is 0 Å². The van der Waals surface area contributed by atoms with E-state index in [9.17, 15) is 4.79 Å². The summed E-state index contributed by atoms with van der Waals surface area (Å²) in [6.45, 7) is 0. The Balaban J connectivity index is 1.43. The lowest BCUT2D eigenvalue weighted by atomic mass is 10.2. The molecular formula is C19H18N2O3S. The van der Waals surface area contributed by atoms with Crippen molar-refractivity contribution in [2.45, 2.75) is 31.8 Å². The normalized spacial score (nSPS) is 14.6. The van der Waals surface area contributed by atoms with E-state index >= 15 is 0 Å². The Morgan fingerprint density at radius 2 is 2.08 bits per heavy atom. The summed E-state index contributed by atoms with van der Waals surface area (Å²) in [6.07, 6.45) is 4.93. The van der Waals surface area contributed by atoms with Crippen LogP contribution in [0.1, 0.15) is 36.2 Å². The molecule has 4 rings (SSSR count). The summed E-state index contributed by atoms with van der Waals surface area (Å²) in [6, 6.07) is 13.0. The Morgan fingerprint density at radius 3 is 2.88 bits per heavy atom. The number of benzene rings is 1. The van der Waals surface area contributed by atoms with Gasteiger partial charge in [-0.15, -0.1) is 11.3 Å². The lowest BCUT2D eigenvalue weighted by Gasteiger charge is -2.13. The number of carbonyl (C=O) groups excluding carboxylic acids is 1. The first-order chi connectivity index (χ1) is 12.3. The number of nitrogens with one attached hydrogen (secondary N) is 1. The van der Waals surface area contributed by atoms with E-state index in [0.717, 1.165) is 23.5 Å². The number of carbonyl (C=O) groups is 1. The maximum Gasteiger partial charge on any atom is 0.277 e. The quantitative estimate of drug-likeness (QED) is 0.702. The van der Waals surface area contributed by atoms with Crippen molar-refractivity contribution in [1.82, 2.24) is 5.16 Å². The first-order valence-electron chi connectivity index (χ1n) is 8.36. The van der Waals surface area contributed by atoms with Crippen LogP contribution in [0.15, 0.2) is 52.4 Å². The number of ether oxygens (including phenoxy) is 1. The largest absolute Gasteiger partial charge is 0.490 e. The molecule has 6 heteroatoms. The highest BCUT2D eigenvalue weighted by Crippen LogP contribution is 2.27. The van der Waals surface area contributed by atoms with Crippen molar-refractivity contribution in [1.29, 1.82) is 0 Å². The molecule has 25 heavy (non-hydrogen) atoms. The molecule has 1 fully saturated rings. The number of hydrogen-bond donors (Lipinski definition) is 1. The summed E-state index contributed by atoms with van der Waals surface area (Å²) in [5.74, 6) is 1.08.